The first-order valence-electron chi connectivity index (χ1n) is 7.22. The van der Waals surface area contributed by atoms with E-state index < -0.39 is 0 Å². The minimum atomic E-state index is -0.110. The highest BCUT2D eigenvalue weighted by atomic mass is 19.1. The first-order chi connectivity index (χ1) is 8.79. The quantitative estimate of drug-likeness (QED) is 0.861. The average Bonchev–Trinajstić information content (AvgIpc) is 2.80. The normalized spacial score (nSPS) is 41.8. The summed E-state index contributed by atoms with van der Waals surface area (Å²) in [6.07, 6.45) is 4.37. The topological polar surface area (TPSA) is 12.0 Å². The highest BCUT2D eigenvalue weighted by Gasteiger charge is 2.66. The molecule has 5 atom stereocenters. The van der Waals surface area contributed by atoms with Crippen LogP contribution in [0.15, 0.2) is 24.3 Å². The van der Waals surface area contributed by atoms with Gasteiger partial charge in [-0.15, -0.1) is 0 Å². The number of halogens is 1. The lowest BCUT2D eigenvalue weighted by Crippen LogP contribution is -2.22. The zero-order chi connectivity index (χ0) is 12.3. The number of hydrogen-bond acceptors (Lipinski definition) is 1. The van der Waals surface area contributed by atoms with Gasteiger partial charge in [-0.3, -0.25) is 0 Å². The van der Waals surface area contributed by atoms with Crippen LogP contribution >= 0.6 is 0 Å². The first-order valence-corrected chi connectivity index (χ1v) is 7.22. The van der Waals surface area contributed by atoms with Gasteiger partial charge in [0.25, 0.3) is 0 Å². The molecule has 3 aliphatic rings. The minimum absolute atomic E-state index is 0.110. The van der Waals surface area contributed by atoms with Crippen molar-refractivity contribution < 1.29 is 4.39 Å². The highest BCUT2D eigenvalue weighted by molar-refractivity contribution is 5.26. The summed E-state index contributed by atoms with van der Waals surface area (Å²) in [6, 6.07) is 7.51. The van der Waals surface area contributed by atoms with E-state index in [2.05, 4.69) is 11.4 Å². The Bertz CT molecular complexity index is 456. The van der Waals surface area contributed by atoms with Gasteiger partial charge in [-0.05, 0) is 73.6 Å². The molecule has 1 N–H and O–H groups in total. The molecule has 3 aliphatic carbocycles. The van der Waals surface area contributed by atoms with Crippen molar-refractivity contribution in [2.45, 2.75) is 25.3 Å². The fourth-order valence-electron chi connectivity index (χ4n) is 5.12. The molecule has 18 heavy (non-hydrogen) atoms. The monoisotopic (exact) mass is 245 g/mol. The molecule has 0 saturated heterocycles. The van der Waals surface area contributed by atoms with E-state index >= 15 is 0 Å². The lowest BCUT2D eigenvalue weighted by atomic mass is 9.93. The number of fused-ring (bicyclic) bond motifs is 5. The zero-order valence-electron chi connectivity index (χ0n) is 10.8. The van der Waals surface area contributed by atoms with Gasteiger partial charge < -0.3 is 5.32 Å². The van der Waals surface area contributed by atoms with E-state index in [1.54, 1.807) is 6.07 Å². The Balaban J connectivity index is 1.60. The van der Waals surface area contributed by atoms with Gasteiger partial charge >= 0.3 is 0 Å². The summed E-state index contributed by atoms with van der Waals surface area (Å²) in [5, 5.41) is 3.44. The number of hydrogen-bond donors (Lipinski definition) is 1. The van der Waals surface area contributed by atoms with Crippen LogP contribution in [0.1, 0.15) is 30.9 Å². The van der Waals surface area contributed by atoms with Crippen LogP contribution in [0.4, 0.5) is 4.39 Å². The Labute approximate surface area is 108 Å². The van der Waals surface area contributed by atoms with E-state index in [9.17, 15) is 4.39 Å². The van der Waals surface area contributed by atoms with Crippen LogP contribution in [-0.2, 0) is 0 Å². The second kappa shape index (κ2) is 3.80. The van der Waals surface area contributed by atoms with E-state index in [4.69, 9.17) is 0 Å². The number of rotatable bonds is 3. The fourth-order valence-corrected chi connectivity index (χ4v) is 5.12. The van der Waals surface area contributed by atoms with Crippen LogP contribution in [0.25, 0.3) is 0 Å². The van der Waals surface area contributed by atoms with Gasteiger partial charge in [0.1, 0.15) is 5.82 Å². The van der Waals surface area contributed by atoms with E-state index in [1.165, 1.54) is 25.3 Å². The van der Waals surface area contributed by atoms with Crippen molar-refractivity contribution in [2.75, 3.05) is 7.05 Å². The average molecular weight is 245 g/mol. The second-order valence-electron chi connectivity index (χ2n) is 6.39. The molecule has 0 aliphatic heterocycles. The third kappa shape index (κ3) is 1.41. The molecule has 2 bridgehead atoms. The van der Waals surface area contributed by atoms with Gasteiger partial charge in [-0.1, -0.05) is 12.1 Å². The smallest absolute Gasteiger partial charge is 0.123 e. The molecule has 3 fully saturated rings. The summed E-state index contributed by atoms with van der Waals surface area (Å²) >= 11 is 0. The lowest BCUT2D eigenvalue weighted by Gasteiger charge is -2.20. The maximum atomic E-state index is 13.4. The van der Waals surface area contributed by atoms with Gasteiger partial charge in [0.2, 0.25) is 0 Å². The van der Waals surface area contributed by atoms with Gasteiger partial charge in [-0.2, -0.15) is 0 Å². The van der Waals surface area contributed by atoms with Crippen molar-refractivity contribution in [1.29, 1.82) is 0 Å². The van der Waals surface area contributed by atoms with Crippen LogP contribution in [0.2, 0.25) is 0 Å². The predicted molar refractivity (Wildman–Crippen MR) is 69.5 cm³/mol. The molecule has 0 heterocycles. The largest absolute Gasteiger partial charge is 0.313 e. The summed E-state index contributed by atoms with van der Waals surface area (Å²) in [6.45, 7) is 0. The third-order valence-electron chi connectivity index (χ3n) is 5.70. The van der Waals surface area contributed by atoms with E-state index in [0.717, 1.165) is 35.2 Å². The van der Waals surface area contributed by atoms with E-state index in [0.29, 0.717) is 6.04 Å². The number of benzene rings is 1. The minimum Gasteiger partial charge on any atom is -0.313 e. The van der Waals surface area contributed by atoms with Crippen molar-refractivity contribution in [3.05, 3.63) is 35.6 Å². The van der Waals surface area contributed by atoms with Gasteiger partial charge in [-0.25, -0.2) is 4.39 Å². The molecule has 0 amide bonds. The standard InChI is InChI=1S/C16H20FN/c1-18-16(11-3-2-4-12(17)8-11)15-13-9-5-6-10(7-9)14(13)15/h2-4,8-10,13-16,18H,5-7H2,1H3. The maximum absolute atomic E-state index is 13.4. The van der Waals surface area contributed by atoms with Crippen LogP contribution in [0.5, 0.6) is 0 Å². The van der Waals surface area contributed by atoms with Gasteiger partial charge in [0.15, 0.2) is 0 Å². The Hall–Kier alpha value is -0.890. The molecule has 2 heteroatoms. The predicted octanol–water partition coefficient (Wildman–Crippen LogP) is 3.38. The zero-order valence-corrected chi connectivity index (χ0v) is 10.8. The molecule has 5 unspecified atom stereocenters. The molecule has 96 valence electrons. The van der Waals surface area contributed by atoms with Crippen LogP contribution < -0.4 is 5.32 Å². The van der Waals surface area contributed by atoms with Crippen molar-refractivity contribution in [3.8, 4) is 0 Å². The number of nitrogens with one attached hydrogen (secondary N) is 1. The van der Waals surface area contributed by atoms with Crippen molar-refractivity contribution in [3.63, 3.8) is 0 Å². The molecule has 3 saturated carbocycles. The summed E-state index contributed by atoms with van der Waals surface area (Å²) in [5.41, 5.74) is 1.14. The summed E-state index contributed by atoms with van der Waals surface area (Å²) < 4.78 is 13.4. The Morgan fingerprint density at radius 3 is 2.56 bits per heavy atom. The Morgan fingerprint density at radius 1 is 1.22 bits per heavy atom. The SMILES string of the molecule is CNC(c1cccc(F)c1)C1C2C3CCC(C3)C21. The molecular weight excluding hydrogens is 225 g/mol. The van der Waals surface area contributed by atoms with E-state index in [1.807, 2.05) is 13.1 Å². The van der Waals surface area contributed by atoms with Crippen molar-refractivity contribution in [1.82, 2.24) is 5.32 Å². The van der Waals surface area contributed by atoms with Crippen molar-refractivity contribution >= 4 is 0 Å². The van der Waals surface area contributed by atoms with Crippen LogP contribution in [-0.4, -0.2) is 7.05 Å². The van der Waals surface area contributed by atoms with Crippen molar-refractivity contribution in [2.24, 2.45) is 29.6 Å². The van der Waals surface area contributed by atoms with E-state index in [-0.39, 0.29) is 5.82 Å². The Morgan fingerprint density at radius 2 is 1.94 bits per heavy atom. The van der Waals surface area contributed by atoms with Gasteiger partial charge in [0.05, 0.1) is 0 Å². The highest BCUT2D eigenvalue weighted by Crippen LogP contribution is 2.72. The summed E-state index contributed by atoms with van der Waals surface area (Å²) in [7, 11) is 2.02. The summed E-state index contributed by atoms with van der Waals surface area (Å²) in [5.74, 6) is 4.49. The molecule has 1 aromatic rings. The molecule has 0 aromatic heterocycles. The third-order valence-corrected chi connectivity index (χ3v) is 5.70. The molecule has 1 aromatic carbocycles. The Kier molecular flexibility index (Phi) is 2.32. The summed E-state index contributed by atoms with van der Waals surface area (Å²) in [4.78, 5) is 0. The second-order valence-corrected chi connectivity index (χ2v) is 6.39. The first kappa shape index (κ1) is 11.0. The lowest BCUT2D eigenvalue weighted by molar-refractivity contribution is 0.385. The van der Waals surface area contributed by atoms with Crippen LogP contribution in [0, 0.1) is 35.4 Å². The van der Waals surface area contributed by atoms with Crippen LogP contribution in [0.3, 0.4) is 0 Å². The molecule has 4 rings (SSSR count). The molecule has 1 nitrogen and oxygen atoms in total. The fraction of sp³-hybridized carbons (Fsp3) is 0.625. The molecule has 0 radical (unpaired) electrons. The molecular formula is C16H20FN. The molecule has 0 spiro atoms. The van der Waals surface area contributed by atoms with Gasteiger partial charge in [0, 0.05) is 6.04 Å². The maximum Gasteiger partial charge on any atom is 0.123 e.